The highest BCUT2D eigenvalue weighted by molar-refractivity contribution is 6.37. The van der Waals surface area contributed by atoms with Crippen LogP contribution in [0.4, 0.5) is 0 Å². The van der Waals surface area contributed by atoms with Crippen LogP contribution in [0.2, 0.25) is 5.02 Å². The molecule has 4 rings (SSSR count). The van der Waals surface area contributed by atoms with Crippen molar-refractivity contribution in [2.24, 2.45) is 0 Å². The molecule has 31 heavy (non-hydrogen) atoms. The molecule has 2 heterocycles. The Morgan fingerprint density at radius 3 is 2.52 bits per heavy atom. The fourth-order valence-corrected chi connectivity index (χ4v) is 4.07. The number of rotatable bonds is 7. The zero-order chi connectivity index (χ0) is 22.1. The van der Waals surface area contributed by atoms with Crippen molar-refractivity contribution in [3.05, 3.63) is 63.0 Å². The van der Waals surface area contributed by atoms with Gasteiger partial charge in [0.1, 0.15) is 17.1 Å². The van der Waals surface area contributed by atoms with Gasteiger partial charge in [0.05, 0.1) is 23.9 Å². The molecule has 0 atom stereocenters. The molecule has 0 radical (unpaired) electrons. The van der Waals surface area contributed by atoms with Crippen LogP contribution in [0.3, 0.4) is 0 Å². The van der Waals surface area contributed by atoms with E-state index in [1.165, 1.54) is 6.07 Å². The Balaban J connectivity index is 2.07. The molecule has 0 aliphatic heterocycles. The van der Waals surface area contributed by atoms with Gasteiger partial charge in [-0.25, -0.2) is 4.79 Å². The van der Waals surface area contributed by atoms with Gasteiger partial charge in [0, 0.05) is 22.6 Å². The smallest absolute Gasteiger partial charge is 0.336 e. The lowest BCUT2D eigenvalue weighted by Gasteiger charge is -2.07. The van der Waals surface area contributed by atoms with Crippen LogP contribution in [0.15, 0.2) is 50.0 Å². The number of methoxy groups -OCH3 is 1. The molecule has 6 nitrogen and oxygen atoms in total. The van der Waals surface area contributed by atoms with Crippen molar-refractivity contribution < 1.29 is 23.5 Å². The lowest BCUT2D eigenvalue weighted by Crippen LogP contribution is -2.03. The van der Waals surface area contributed by atoms with Gasteiger partial charge in [-0.3, -0.25) is 4.79 Å². The number of unbranched alkanes of at least 4 members (excludes halogenated alkanes) is 1. The third-order valence-electron chi connectivity index (χ3n) is 5.29. The number of aliphatic carboxylic acids is 1. The predicted octanol–water partition coefficient (Wildman–Crippen LogP) is 5.84. The van der Waals surface area contributed by atoms with Crippen LogP contribution in [0, 0.1) is 0 Å². The molecule has 0 aliphatic carbocycles. The first-order chi connectivity index (χ1) is 14.9. The van der Waals surface area contributed by atoms with E-state index >= 15 is 0 Å². The molecule has 4 aromatic rings. The summed E-state index contributed by atoms with van der Waals surface area (Å²) in [5.41, 5.74) is 2.02. The summed E-state index contributed by atoms with van der Waals surface area (Å²) in [4.78, 5) is 24.0. The summed E-state index contributed by atoms with van der Waals surface area (Å²) in [5, 5.41) is 11.0. The lowest BCUT2D eigenvalue weighted by atomic mass is 9.98. The highest BCUT2D eigenvalue weighted by Crippen LogP contribution is 2.42. The molecule has 0 amide bonds. The van der Waals surface area contributed by atoms with Crippen molar-refractivity contribution in [2.75, 3.05) is 7.11 Å². The monoisotopic (exact) mass is 440 g/mol. The van der Waals surface area contributed by atoms with Crippen molar-refractivity contribution in [3.8, 4) is 17.1 Å². The molecular weight excluding hydrogens is 420 g/mol. The summed E-state index contributed by atoms with van der Waals surface area (Å²) >= 11 is 6.56. The second-order valence-corrected chi connectivity index (χ2v) is 7.75. The minimum atomic E-state index is -1.03. The summed E-state index contributed by atoms with van der Waals surface area (Å²) < 4.78 is 16.8. The number of hydrogen-bond donors (Lipinski definition) is 1. The molecule has 7 heteroatoms. The maximum absolute atomic E-state index is 12.3. The largest absolute Gasteiger partial charge is 0.497 e. The van der Waals surface area contributed by atoms with E-state index in [1.807, 2.05) is 0 Å². The fourth-order valence-electron chi connectivity index (χ4n) is 3.83. The molecule has 0 saturated carbocycles. The number of carboxylic acid groups (broad SMARTS) is 1. The van der Waals surface area contributed by atoms with Crippen LogP contribution in [0.1, 0.15) is 30.9 Å². The number of ether oxygens (including phenoxy) is 1. The van der Waals surface area contributed by atoms with Crippen LogP contribution in [-0.4, -0.2) is 18.2 Å². The van der Waals surface area contributed by atoms with Crippen molar-refractivity contribution in [1.82, 2.24) is 0 Å². The van der Waals surface area contributed by atoms with Crippen molar-refractivity contribution in [1.29, 1.82) is 0 Å². The molecule has 0 aliphatic rings. The maximum atomic E-state index is 12.3. The van der Waals surface area contributed by atoms with Gasteiger partial charge in [-0.2, -0.15) is 0 Å². The van der Waals surface area contributed by atoms with E-state index in [2.05, 4.69) is 6.92 Å². The van der Waals surface area contributed by atoms with Crippen molar-refractivity contribution in [3.63, 3.8) is 0 Å². The minimum absolute atomic E-state index is 0.298. The van der Waals surface area contributed by atoms with Gasteiger partial charge in [-0.1, -0.05) is 24.9 Å². The van der Waals surface area contributed by atoms with Crippen molar-refractivity contribution in [2.45, 2.75) is 32.6 Å². The van der Waals surface area contributed by atoms with E-state index in [-0.39, 0.29) is 6.42 Å². The van der Waals surface area contributed by atoms with Crippen LogP contribution in [0.5, 0.6) is 5.75 Å². The summed E-state index contributed by atoms with van der Waals surface area (Å²) in [6.45, 7) is 2.07. The topological polar surface area (TPSA) is 89.9 Å². The molecule has 0 bridgehead atoms. The van der Waals surface area contributed by atoms with E-state index in [0.29, 0.717) is 56.0 Å². The van der Waals surface area contributed by atoms with E-state index < -0.39 is 11.6 Å². The molecule has 1 N–H and O–H groups in total. The predicted molar refractivity (Wildman–Crippen MR) is 119 cm³/mol. The third-order valence-corrected chi connectivity index (χ3v) is 5.57. The SMILES string of the molecule is CCCCc1cc(=O)oc2c1cc(Cl)c1oc(-c3ccc(OC)cc3)c(CC(=O)O)c12. The van der Waals surface area contributed by atoms with Crippen LogP contribution < -0.4 is 10.4 Å². The number of hydrogen-bond acceptors (Lipinski definition) is 5. The summed E-state index contributed by atoms with van der Waals surface area (Å²) in [6.07, 6.45) is 2.25. The fraction of sp³-hybridized carbons (Fsp3) is 0.250. The van der Waals surface area contributed by atoms with E-state index in [4.69, 9.17) is 25.2 Å². The Bertz CT molecular complexity index is 1330. The summed E-state index contributed by atoms with van der Waals surface area (Å²) in [6, 6.07) is 10.3. The second kappa shape index (κ2) is 8.47. The average molecular weight is 441 g/mol. The van der Waals surface area contributed by atoms with E-state index in [9.17, 15) is 14.7 Å². The normalized spacial score (nSPS) is 11.3. The summed E-state index contributed by atoms with van der Waals surface area (Å²) in [7, 11) is 1.57. The number of furan rings is 1. The Labute approximate surface area is 183 Å². The van der Waals surface area contributed by atoms with Gasteiger partial charge < -0.3 is 18.7 Å². The highest BCUT2D eigenvalue weighted by Gasteiger charge is 2.24. The molecule has 0 unspecified atom stereocenters. The number of benzene rings is 2. The van der Waals surface area contributed by atoms with Gasteiger partial charge >= 0.3 is 11.6 Å². The molecule has 0 spiro atoms. The molecule has 160 valence electrons. The Kier molecular flexibility index (Phi) is 5.74. The van der Waals surface area contributed by atoms with Crippen molar-refractivity contribution >= 4 is 39.5 Å². The number of carbonyl (C=O) groups is 1. The van der Waals surface area contributed by atoms with Gasteiger partial charge in [0.25, 0.3) is 0 Å². The first kappa shape index (κ1) is 21.0. The molecule has 0 fully saturated rings. The van der Waals surface area contributed by atoms with Crippen LogP contribution in [0.25, 0.3) is 33.3 Å². The number of aryl methyl sites for hydroxylation is 1. The highest BCUT2D eigenvalue weighted by atomic mass is 35.5. The Morgan fingerprint density at radius 1 is 1.13 bits per heavy atom. The van der Waals surface area contributed by atoms with Gasteiger partial charge in [0.15, 0.2) is 5.58 Å². The number of halogens is 1. The molecular formula is C24H21ClO6. The number of carboxylic acids is 1. The van der Waals surface area contributed by atoms with Gasteiger partial charge in [0.2, 0.25) is 0 Å². The summed E-state index contributed by atoms with van der Waals surface area (Å²) in [5.74, 6) is 0.000764. The second-order valence-electron chi connectivity index (χ2n) is 7.34. The number of fused-ring (bicyclic) bond motifs is 3. The van der Waals surface area contributed by atoms with Gasteiger partial charge in [-0.15, -0.1) is 0 Å². The average Bonchev–Trinajstić information content (AvgIpc) is 3.12. The first-order valence-electron chi connectivity index (χ1n) is 9.99. The zero-order valence-corrected chi connectivity index (χ0v) is 17.9. The van der Waals surface area contributed by atoms with E-state index in [1.54, 1.807) is 37.4 Å². The Morgan fingerprint density at radius 2 is 1.87 bits per heavy atom. The molecule has 2 aromatic carbocycles. The van der Waals surface area contributed by atoms with Crippen LogP contribution in [-0.2, 0) is 17.6 Å². The van der Waals surface area contributed by atoms with Gasteiger partial charge in [-0.05, 0) is 48.7 Å². The minimum Gasteiger partial charge on any atom is -0.497 e. The third kappa shape index (κ3) is 3.91. The van der Waals surface area contributed by atoms with E-state index in [0.717, 1.165) is 18.4 Å². The lowest BCUT2D eigenvalue weighted by molar-refractivity contribution is -0.136. The maximum Gasteiger partial charge on any atom is 0.336 e. The van der Waals surface area contributed by atoms with Crippen LogP contribution >= 0.6 is 11.6 Å². The quantitative estimate of drug-likeness (QED) is 0.363. The molecule has 2 aromatic heterocycles. The Hall–Kier alpha value is -3.25. The standard InChI is InChI=1S/C24H21ClO6/c1-3-4-5-14-10-20(28)30-23-16(14)11-18(25)24-21(23)17(12-19(26)27)22(31-24)13-6-8-15(29-2)9-7-13/h6-11H,3-5,12H2,1-2H3,(H,26,27). The zero-order valence-electron chi connectivity index (χ0n) is 17.2. The first-order valence-corrected chi connectivity index (χ1v) is 10.4. The molecule has 0 saturated heterocycles.